The van der Waals surface area contributed by atoms with E-state index in [0.29, 0.717) is 5.56 Å². The Morgan fingerprint density at radius 2 is 1.16 bits per heavy atom. The number of hydrogen-bond donors (Lipinski definition) is 0. The van der Waals surface area contributed by atoms with E-state index in [1.807, 2.05) is 24.3 Å². The molecule has 0 N–H and O–H groups in total. The molecule has 230 valence electrons. The molecule has 10 rings (SSSR count). The number of nitriles is 1. The van der Waals surface area contributed by atoms with Gasteiger partial charge >= 0.3 is 0 Å². The van der Waals surface area contributed by atoms with E-state index in [4.69, 9.17) is 4.42 Å². The molecule has 4 nitrogen and oxygen atoms in total. The molecule has 3 heterocycles. The summed E-state index contributed by atoms with van der Waals surface area (Å²) in [5.41, 5.74) is 13.1. The maximum atomic E-state index is 10.7. The molecule has 0 atom stereocenters. The first-order chi connectivity index (χ1) is 24.1. The Balaban J connectivity index is 1.36. The predicted molar refractivity (Wildman–Crippen MR) is 202 cm³/mol. The van der Waals surface area contributed by atoms with E-state index in [2.05, 4.69) is 144 Å². The van der Waals surface area contributed by atoms with Crippen molar-refractivity contribution < 1.29 is 4.42 Å². The summed E-state index contributed by atoms with van der Waals surface area (Å²) in [5, 5.41) is 17.6. The highest BCUT2D eigenvalue weighted by atomic mass is 16.3. The van der Waals surface area contributed by atoms with Crippen LogP contribution in [0.4, 0.5) is 0 Å². The molecular weight excluding hydrogens is 599 g/mol. The molecule has 0 aliphatic rings. The van der Waals surface area contributed by atoms with E-state index in [1.54, 1.807) is 0 Å². The predicted octanol–water partition coefficient (Wildman–Crippen LogP) is 11.9. The quantitative estimate of drug-likeness (QED) is 0.196. The van der Waals surface area contributed by atoms with Crippen LogP contribution in [0.3, 0.4) is 0 Å². The largest absolute Gasteiger partial charge is 0.456 e. The lowest BCUT2D eigenvalue weighted by atomic mass is 9.97. The lowest BCUT2D eigenvalue weighted by molar-refractivity contribution is 0.669. The number of fused-ring (bicyclic) bond motifs is 10. The molecule has 7 aromatic carbocycles. The summed E-state index contributed by atoms with van der Waals surface area (Å²) in [4.78, 5) is 0. The fraction of sp³-hybridized carbons (Fsp3) is 0.0444. The molecular formula is C45H29N3O. The lowest BCUT2D eigenvalue weighted by Gasteiger charge is -2.19. The fourth-order valence-electron chi connectivity index (χ4n) is 8.00. The van der Waals surface area contributed by atoms with Crippen LogP contribution >= 0.6 is 0 Å². The van der Waals surface area contributed by atoms with Crippen molar-refractivity contribution in [3.8, 4) is 28.6 Å². The fourth-order valence-corrected chi connectivity index (χ4v) is 8.00. The first kappa shape index (κ1) is 27.5. The Kier molecular flexibility index (Phi) is 5.74. The summed E-state index contributed by atoms with van der Waals surface area (Å²) in [6.07, 6.45) is 0. The second-order valence-corrected chi connectivity index (χ2v) is 13.0. The smallest absolute Gasteiger partial charge is 0.137 e. The molecule has 0 aliphatic heterocycles. The zero-order chi connectivity index (χ0) is 32.8. The number of hydrogen-bond acceptors (Lipinski definition) is 2. The highest BCUT2D eigenvalue weighted by molar-refractivity contribution is 6.24. The standard InChI is InChI=1S/C45H29N3O/c1-27-18-21-39-35(24-27)36-25-28(2)19-22-40(36)47(39)44-29(26-46)10-9-14-32(44)30-11-3-6-15-37(30)48-38-16-7-4-12-31(38)33-20-23-42-43(45(33)48)34-13-5-8-17-41(34)49-42/h3-25H,1-2H3. The summed E-state index contributed by atoms with van der Waals surface area (Å²) in [6.45, 7) is 4.27. The van der Waals surface area contributed by atoms with E-state index in [0.717, 1.165) is 66.5 Å². The molecule has 4 heteroatoms. The van der Waals surface area contributed by atoms with Gasteiger partial charge in [0.1, 0.15) is 17.2 Å². The minimum absolute atomic E-state index is 0.623. The normalized spacial score (nSPS) is 11.9. The van der Waals surface area contributed by atoms with Crippen molar-refractivity contribution in [2.24, 2.45) is 0 Å². The maximum absolute atomic E-state index is 10.7. The summed E-state index contributed by atoms with van der Waals surface area (Å²) in [7, 11) is 0. The number of nitrogens with zero attached hydrogens (tertiary/aromatic N) is 3. The van der Waals surface area contributed by atoms with Crippen LogP contribution in [-0.2, 0) is 0 Å². The third-order valence-electron chi connectivity index (χ3n) is 10.1. The number of furan rings is 1. The molecule has 0 bridgehead atoms. The molecule has 0 saturated heterocycles. The van der Waals surface area contributed by atoms with Crippen LogP contribution in [0.1, 0.15) is 16.7 Å². The van der Waals surface area contributed by atoms with Crippen molar-refractivity contribution in [3.05, 3.63) is 156 Å². The molecule has 0 saturated carbocycles. The topological polar surface area (TPSA) is 46.8 Å². The Morgan fingerprint density at radius 1 is 0.510 bits per heavy atom. The van der Waals surface area contributed by atoms with Crippen LogP contribution < -0.4 is 0 Å². The van der Waals surface area contributed by atoms with Gasteiger partial charge in [0.05, 0.1) is 44.4 Å². The molecule has 49 heavy (non-hydrogen) atoms. The van der Waals surface area contributed by atoms with Gasteiger partial charge in [0, 0.05) is 38.1 Å². The first-order valence-corrected chi connectivity index (χ1v) is 16.6. The van der Waals surface area contributed by atoms with Crippen molar-refractivity contribution >= 4 is 65.6 Å². The number of para-hydroxylation sites is 4. The van der Waals surface area contributed by atoms with Crippen LogP contribution in [0.25, 0.3) is 88.1 Å². The Morgan fingerprint density at radius 3 is 1.94 bits per heavy atom. The molecule has 0 aliphatic carbocycles. The van der Waals surface area contributed by atoms with Crippen LogP contribution in [0.2, 0.25) is 0 Å². The third-order valence-corrected chi connectivity index (χ3v) is 10.1. The molecule has 0 unspecified atom stereocenters. The van der Waals surface area contributed by atoms with Gasteiger partial charge in [0.15, 0.2) is 0 Å². The van der Waals surface area contributed by atoms with Crippen molar-refractivity contribution in [1.82, 2.24) is 9.13 Å². The van der Waals surface area contributed by atoms with Crippen molar-refractivity contribution in [3.63, 3.8) is 0 Å². The van der Waals surface area contributed by atoms with Gasteiger partial charge in [-0.15, -0.1) is 0 Å². The summed E-state index contributed by atoms with van der Waals surface area (Å²) >= 11 is 0. The van der Waals surface area contributed by atoms with Gasteiger partial charge < -0.3 is 13.6 Å². The van der Waals surface area contributed by atoms with Gasteiger partial charge in [0.25, 0.3) is 0 Å². The van der Waals surface area contributed by atoms with Crippen molar-refractivity contribution in [1.29, 1.82) is 5.26 Å². The zero-order valence-electron chi connectivity index (χ0n) is 27.0. The van der Waals surface area contributed by atoms with Crippen LogP contribution in [0.5, 0.6) is 0 Å². The minimum atomic E-state index is 0.623. The highest BCUT2D eigenvalue weighted by Gasteiger charge is 2.24. The maximum Gasteiger partial charge on any atom is 0.137 e. The van der Waals surface area contributed by atoms with Crippen molar-refractivity contribution in [2.75, 3.05) is 0 Å². The van der Waals surface area contributed by atoms with Gasteiger partial charge in [-0.1, -0.05) is 90.0 Å². The average Bonchev–Trinajstić information content (AvgIpc) is 3.78. The van der Waals surface area contributed by atoms with E-state index >= 15 is 0 Å². The van der Waals surface area contributed by atoms with E-state index in [-0.39, 0.29) is 0 Å². The van der Waals surface area contributed by atoms with E-state index in [1.165, 1.54) is 32.7 Å². The monoisotopic (exact) mass is 627 g/mol. The van der Waals surface area contributed by atoms with Gasteiger partial charge in [-0.2, -0.15) is 5.26 Å². The lowest BCUT2D eigenvalue weighted by Crippen LogP contribution is -2.03. The number of aryl methyl sites for hydroxylation is 2. The van der Waals surface area contributed by atoms with Crippen LogP contribution in [-0.4, -0.2) is 9.13 Å². The second-order valence-electron chi connectivity index (χ2n) is 13.0. The first-order valence-electron chi connectivity index (χ1n) is 16.6. The molecule has 0 amide bonds. The summed E-state index contributed by atoms with van der Waals surface area (Å²) in [5.74, 6) is 0. The van der Waals surface area contributed by atoms with E-state index < -0.39 is 0 Å². The van der Waals surface area contributed by atoms with Gasteiger partial charge in [0.2, 0.25) is 0 Å². The SMILES string of the molecule is Cc1ccc2c(c1)c1cc(C)ccc1n2-c1c(C#N)cccc1-c1ccccc1-n1c2ccccc2c2ccc3oc4ccccc4c3c21. The average molecular weight is 628 g/mol. The van der Waals surface area contributed by atoms with Gasteiger partial charge in [-0.25, -0.2) is 0 Å². The van der Waals surface area contributed by atoms with Crippen LogP contribution in [0, 0.1) is 25.2 Å². The number of benzene rings is 7. The molecule has 3 aromatic heterocycles. The Hall–Kier alpha value is -6.57. The van der Waals surface area contributed by atoms with Crippen molar-refractivity contribution in [2.45, 2.75) is 13.8 Å². The zero-order valence-corrected chi connectivity index (χ0v) is 27.0. The van der Waals surface area contributed by atoms with Gasteiger partial charge in [-0.3, -0.25) is 0 Å². The third kappa shape index (κ3) is 3.85. The van der Waals surface area contributed by atoms with Gasteiger partial charge in [-0.05, 0) is 74.5 Å². The molecule has 0 spiro atoms. The van der Waals surface area contributed by atoms with E-state index in [9.17, 15) is 5.26 Å². The molecule has 0 radical (unpaired) electrons. The number of aromatic nitrogens is 2. The Bertz CT molecular complexity index is 2980. The Labute approximate surface area is 282 Å². The highest BCUT2D eigenvalue weighted by Crippen LogP contribution is 2.44. The second kappa shape index (κ2) is 10.2. The van der Waals surface area contributed by atoms with Crippen LogP contribution in [0.15, 0.2) is 144 Å². The number of rotatable bonds is 3. The molecule has 10 aromatic rings. The minimum Gasteiger partial charge on any atom is -0.456 e. The summed E-state index contributed by atoms with van der Waals surface area (Å²) < 4.78 is 11.1. The molecule has 0 fully saturated rings. The summed E-state index contributed by atoms with van der Waals surface area (Å²) in [6, 6.07) is 51.6.